The van der Waals surface area contributed by atoms with Crippen LogP contribution < -0.4 is 21.3 Å². The topological polar surface area (TPSA) is 143 Å². The Balaban J connectivity index is 1.84. The van der Waals surface area contributed by atoms with Crippen LogP contribution >= 0.6 is 11.8 Å². The van der Waals surface area contributed by atoms with Crippen molar-refractivity contribution in [2.24, 2.45) is 5.41 Å². The number of ketones is 1. The molecule has 3 rings (SSSR count). The third-order valence-electron chi connectivity index (χ3n) is 7.35. The highest BCUT2D eigenvalue weighted by molar-refractivity contribution is 8.04. The summed E-state index contributed by atoms with van der Waals surface area (Å²) in [7, 11) is 0. The second kappa shape index (κ2) is 16.3. The van der Waals surface area contributed by atoms with Gasteiger partial charge in [-0.1, -0.05) is 39.3 Å². The average Bonchev–Trinajstić information content (AvgIpc) is 3.44. The number of allylic oxidation sites excluding steroid dienone is 2. The number of thioether (sulfide) groups is 1. The highest BCUT2D eigenvalue weighted by atomic mass is 32.2. The number of Topliss-reactive ketones (excluding diaryl/α,β-unsaturated/α-hetero) is 1. The SMILES string of the molecule is C=CCNC(=O)/C(C#N)=C1/C=C(CC)CC(=O)[C@@H](CNc2cc(NC(=O)C(C)(C)C)cc(C(=O)NCCN3CCCC3)c2)S1. The molecule has 44 heavy (non-hydrogen) atoms. The fourth-order valence-corrected chi connectivity index (χ4v) is 5.89. The predicted molar refractivity (Wildman–Crippen MR) is 176 cm³/mol. The lowest BCUT2D eigenvalue weighted by atomic mass is 9.95. The average molecular weight is 621 g/mol. The van der Waals surface area contributed by atoms with Crippen LogP contribution in [0.5, 0.6) is 0 Å². The summed E-state index contributed by atoms with van der Waals surface area (Å²) in [6, 6.07) is 7.07. The van der Waals surface area contributed by atoms with Crippen LogP contribution in [0.1, 0.15) is 63.7 Å². The van der Waals surface area contributed by atoms with E-state index in [-0.39, 0.29) is 42.7 Å². The molecule has 2 aliphatic rings. The molecule has 0 radical (unpaired) electrons. The summed E-state index contributed by atoms with van der Waals surface area (Å²) in [6.45, 7) is 14.7. The van der Waals surface area contributed by atoms with E-state index in [9.17, 15) is 24.4 Å². The van der Waals surface area contributed by atoms with Crippen LogP contribution in [-0.2, 0) is 14.4 Å². The summed E-state index contributed by atoms with van der Waals surface area (Å²) in [4.78, 5) is 54.7. The molecule has 1 aromatic rings. The molecule has 4 N–H and O–H groups in total. The molecule has 2 aliphatic heterocycles. The standard InChI is InChI=1S/C33H44N6O4S/c1-6-10-35-31(42)26(20-34)28-16-22(7-2)15-27(40)29(44-28)21-37-24-17-23(18-25(19-24)38-32(43)33(3,4)5)30(41)36-11-14-39-12-8-9-13-39/h6,16-19,29,37H,1,7-15,21H2,2-5H3,(H,35,42)(H,36,41)(H,38,43)/b28-26-/t29-/m1/s1. The third-order valence-corrected chi connectivity index (χ3v) is 8.64. The number of rotatable bonds is 12. The van der Waals surface area contributed by atoms with Crippen molar-refractivity contribution in [1.82, 2.24) is 15.5 Å². The Kier molecular flexibility index (Phi) is 12.8. The zero-order chi connectivity index (χ0) is 32.3. The van der Waals surface area contributed by atoms with Crippen molar-refractivity contribution in [3.05, 3.63) is 58.5 Å². The first-order valence-electron chi connectivity index (χ1n) is 15.1. The fourth-order valence-electron chi connectivity index (χ4n) is 4.71. The summed E-state index contributed by atoms with van der Waals surface area (Å²) in [6.07, 6.45) is 6.46. The molecule has 236 valence electrons. The van der Waals surface area contributed by atoms with Gasteiger partial charge in [0.25, 0.3) is 11.8 Å². The number of anilines is 2. The van der Waals surface area contributed by atoms with Crippen LogP contribution in [0.2, 0.25) is 0 Å². The third kappa shape index (κ3) is 10.1. The Hall–Kier alpha value is -3.88. The maximum Gasteiger partial charge on any atom is 0.263 e. The van der Waals surface area contributed by atoms with Crippen molar-refractivity contribution < 1.29 is 19.2 Å². The Labute approximate surface area is 264 Å². The molecular formula is C33H44N6O4S. The van der Waals surface area contributed by atoms with Gasteiger partial charge in [0.2, 0.25) is 5.91 Å². The van der Waals surface area contributed by atoms with Gasteiger partial charge < -0.3 is 26.2 Å². The number of nitriles is 1. The number of carbonyl (C=O) groups excluding carboxylic acids is 4. The smallest absolute Gasteiger partial charge is 0.263 e. The molecule has 0 aliphatic carbocycles. The molecule has 2 heterocycles. The summed E-state index contributed by atoms with van der Waals surface area (Å²) < 4.78 is 0. The van der Waals surface area contributed by atoms with Crippen LogP contribution in [0.15, 0.2) is 53.0 Å². The largest absolute Gasteiger partial charge is 0.383 e. The van der Waals surface area contributed by atoms with Crippen LogP contribution in [0.4, 0.5) is 11.4 Å². The molecule has 1 fully saturated rings. The Morgan fingerprint density at radius 2 is 1.84 bits per heavy atom. The van der Waals surface area contributed by atoms with E-state index in [2.05, 4.69) is 32.7 Å². The molecule has 0 bridgehead atoms. The number of nitrogens with one attached hydrogen (secondary N) is 4. The van der Waals surface area contributed by atoms with Gasteiger partial charge in [-0.05, 0) is 56.6 Å². The Morgan fingerprint density at radius 1 is 1.14 bits per heavy atom. The lowest BCUT2D eigenvalue weighted by Crippen LogP contribution is -2.33. The maximum atomic E-state index is 13.3. The summed E-state index contributed by atoms with van der Waals surface area (Å²) >= 11 is 1.17. The maximum absolute atomic E-state index is 13.3. The van der Waals surface area contributed by atoms with Crippen molar-refractivity contribution in [1.29, 1.82) is 5.26 Å². The summed E-state index contributed by atoms with van der Waals surface area (Å²) in [5.41, 5.74) is 1.53. The number of hydrogen-bond donors (Lipinski definition) is 4. The molecule has 3 amide bonds. The van der Waals surface area contributed by atoms with E-state index >= 15 is 0 Å². The molecule has 11 heteroatoms. The zero-order valence-corrected chi connectivity index (χ0v) is 27.0. The van der Waals surface area contributed by atoms with E-state index in [4.69, 9.17) is 0 Å². The van der Waals surface area contributed by atoms with E-state index in [1.54, 1.807) is 24.3 Å². The first kappa shape index (κ1) is 34.6. The molecule has 0 aromatic heterocycles. The fraction of sp³-hybridized carbons (Fsp3) is 0.485. The second-order valence-corrected chi connectivity index (χ2v) is 13.2. The van der Waals surface area contributed by atoms with Gasteiger partial charge in [-0.15, -0.1) is 18.3 Å². The van der Waals surface area contributed by atoms with E-state index < -0.39 is 16.6 Å². The normalized spacial score (nSPS) is 18.4. The second-order valence-electron chi connectivity index (χ2n) is 11.9. The summed E-state index contributed by atoms with van der Waals surface area (Å²) in [5, 5.41) is 21.0. The van der Waals surface area contributed by atoms with Gasteiger partial charge in [-0.2, -0.15) is 5.26 Å². The minimum Gasteiger partial charge on any atom is -0.383 e. The number of hydrogen-bond acceptors (Lipinski definition) is 8. The van der Waals surface area contributed by atoms with E-state index in [0.717, 1.165) is 25.2 Å². The van der Waals surface area contributed by atoms with Crippen LogP contribution in [0, 0.1) is 16.7 Å². The van der Waals surface area contributed by atoms with Gasteiger partial charge in [-0.25, -0.2) is 0 Å². The number of amides is 3. The monoisotopic (exact) mass is 620 g/mol. The van der Waals surface area contributed by atoms with Crippen molar-refractivity contribution in [2.45, 2.75) is 58.6 Å². The van der Waals surface area contributed by atoms with Gasteiger partial charge in [0.1, 0.15) is 11.6 Å². The molecule has 1 atom stereocenters. The molecule has 1 saturated heterocycles. The number of likely N-dealkylation sites (tertiary alicyclic amines) is 1. The minimum absolute atomic E-state index is 0.0357. The van der Waals surface area contributed by atoms with Crippen molar-refractivity contribution in [3.63, 3.8) is 0 Å². The van der Waals surface area contributed by atoms with Gasteiger partial charge in [0.15, 0.2) is 5.78 Å². The van der Waals surface area contributed by atoms with Crippen LogP contribution in [0.25, 0.3) is 0 Å². The predicted octanol–water partition coefficient (Wildman–Crippen LogP) is 4.40. The number of nitrogens with zero attached hydrogens (tertiary/aromatic N) is 2. The van der Waals surface area contributed by atoms with E-state index in [0.29, 0.717) is 34.8 Å². The van der Waals surface area contributed by atoms with E-state index in [1.807, 2.05) is 33.8 Å². The van der Waals surface area contributed by atoms with Crippen LogP contribution in [0.3, 0.4) is 0 Å². The number of carbonyl (C=O) groups is 4. The van der Waals surface area contributed by atoms with Crippen LogP contribution in [-0.4, -0.2) is 72.9 Å². The lowest BCUT2D eigenvalue weighted by Gasteiger charge is -2.20. The molecule has 0 saturated carbocycles. The Morgan fingerprint density at radius 3 is 2.48 bits per heavy atom. The molecule has 10 nitrogen and oxygen atoms in total. The Bertz CT molecular complexity index is 1360. The van der Waals surface area contributed by atoms with Crippen molar-refractivity contribution in [3.8, 4) is 6.07 Å². The molecule has 0 unspecified atom stereocenters. The molecule has 0 spiro atoms. The highest BCUT2D eigenvalue weighted by Crippen LogP contribution is 2.34. The quantitative estimate of drug-likeness (QED) is 0.153. The number of benzene rings is 1. The van der Waals surface area contributed by atoms with Gasteiger partial charge in [0.05, 0.1) is 5.25 Å². The van der Waals surface area contributed by atoms with Gasteiger partial charge >= 0.3 is 0 Å². The minimum atomic E-state index is -0.645. The molecule has 1 aromatic carbocycles. The van der Waals surface area contributed by atoms with Crippen molar-refractivity contribution in [2.75, 3.05) is 49.9 Å². The highest BCUT2D eigenvalue weighted by Gasteiger charge is 2.28. The first-order chi connectivity index (χ1) is 20.9. The first-order valence-corrected chi connectivity index (χ1v) is 16.0. The zero-order valence-electron chi connectivity index (χ0n) is 26.2. The lowest BCUT2D eigenvalue weighted by molar-refractivity contribution is -0.123. The van der Waals surface area contributed by atoms with E-state index in [1.165, 1.54) is 30.7 Å². The van der Waals surface area contributed by atoms with Crippen molar-refractivity contribution >= 4 is 46.6 Å². The van der Waals surface area contributed by atoms with Gasteiger partial charge in [-0.3, -0.25) is 19.2 Å². The van der Waals surface area contributed by atoms with Gasteiger partial charge in [0, 0.05) is 59.9 Å². The summed E-state index contributed by atoms with van der Waals surface area (Å²) in [5.74, 6) is -1.02. The molecular weight excluding hydrogens is 576 g/mol.